The lowest BCUT2D eigenvalue weighted by molar-refractivity contribution is -0.141. The number of carbonyl (C=O) groups is 1. The molecule has 0 unspecified atom stereocenters. The molecule has 0 spiro atoms. The van der Waals surface area contributed by atoms with E-state index in [2.05, 4.69) is 0 Å². The summed E-state index contributed by atoms with van der Waals surface area (Å²) in [6.45, 7) is 3.68. The summed E-state index contributed by atoms with van der Waals surface area (Å²) in [5.74, 6) is -0.409. The number of methoxy groups -OCH3 is 1. The second kappa shape index (κ2) is 4.82. The minimum atomic E-state index is -0.779. The number of carboxylic acids is 1. The Kier molecular flexibility index (Phi) is 3.72. The molecule has 0 aliphatic carbocycles. The first kappa shape index (κ1) is 11.6. The maximum atomic E-state index is 10.7. The van der Waals surface area contributed by atoms with E-state index < -0.39 is 5.97 Å². The standard InChI is InChI=1S/C12H16O3/c1-8-4-5-11(15-3)10(6-8)7-9(2)12(13)14/h4-6,9H,7H2,1-3H3,(H,13,14)/t9-/m0/s1. The van der Waals surface area contributed by atoms with Gasteiger partial charge in [-0.05, 0) is 25.0 Å². The zero-order valence-corrected chi connectivity index (χ0v) is 9.28. The number of hydrogen-bond donors (Lipinski definition) is 1. The van der Waals surface area contributed by atoms with Gasteiger partial charge in [0.1, 0.15) is 5.75 Å². The zero-order chi connectivity index (χ0) is 11.4. The Labute approximate surface area is 89.7 Å². The highest BCUT2D eigenvalue weighted by molar-refractivity contribution is 5.70. The van der Waals surface area contributed by atoms with Crippen LogP contribution >= 0.6 is 0 Å². The van der Waals surface area contributed by atoms with E-state index in [0.29, 0.717) is 6.42 Å². The highest BCUT2D eigenvalue weighted by atomic mass is 16.5. The van der Waals surface area contributed by atoms with Crippen molar-refractivity contribution in [3.8, 4) is 5.75 Å². The Hall–Kier alpha value is -1.51. The van der Waals surface area contributed by atoms with E-state index in [-0.39, 0.29) is 5.92 Å². The van der Waals surface area contributed by atoms with Crippen LogP contribution in [0.2, 0.25) is 0 Å². The minimum absolute atomic E-state index is 0.388. The average Bonchev–Trinajstić information content (AvgIpc) is 2.18. The first-order valence-electron chi connectivity index (χ1n) is 4.91. The topological polar surface area (TPSA) is 46.5 Å². The van der Waals surface area contributed by atoms with Crippen molar-refractivity contribution in [3.05, 3.63) is 29.3 Å². The molecule has 0 bridgehead atoms. The van der Waals surface area contributed by atoms with Gasteiger partial charge in [-0.2, -0.15) is 0 Å². The Balaban J connectivity index is 2.91. The summed E-state index contributed by atoms with van der Waals surface area (Å²) < 4.78 is 5.19. The molecule has 0 heterocycles. The molecule has 1 aromatic rings. The maximum Gasteiger partial charge on any atom is 0.306 e. The van der Waals surface area contributed by atoms with Crippen LogP contribution in [0.25, 0.3) is 0 Å². The second-order valence-electron chi connectivity index (χ2n) is 3.76. The quantitative estimate of drug-likeness (QED) is 0.825. The summed E-state index contributed by atoms with van der Waals surface area (Å²) in [6.07, 6.45) is 0.500. The normalized spacial score (nSPS) is 12.2. The van der Waals surface area contributed by atoms with Crippen LogP contribution in [0.15, 0.2) is 18.2 Å². The number of benzene rings is 1. The van der Waals surface area contributed by atoms with Crippen LogP contribution in [0.3, 0.4) is 0 Å². The lowest BCUT2D eigenvalue weighted by Gasteiger charge is -2.11. The van der Waals surface area contributed by atoms with Gasteiger partial charge in [0.05, 0.1) is 13.0 Å². The third-order valence-corrected chi connectivity index (χ3v) is 2.38. The van der Waals surface area contributed by atoms with Gasteiger partial charge in [-0.3, -0.25) is 4.79 Å². The molecule has 1 atom stereocenters. The van der Waals surface area contributed by atoms with Gasteiger partial charge in [0, 0.05) is 0 Å². The summed E-state index contributed by atoms with van der Waals surface area (Å²) in [5.41, 5.74) is 2.07. The highest BCUT2D eigenvalue weighted by Gasteiger charge is 2.14. The molecule has 0 aromatic heterocycles. The van der Waals surface area contributed by atoms with Crippen molar-refractivity contribution in [3.63, 3.8) is 0 Å². The Morgan fingerprint density at radius 2 is 2.20 bits per heavy atom. The molecule has 15 heavy (non-hydrogen) atoms. The van der Waals surface area contributed by atoms with Crippen LogP contribution in [-0.4, -0.2) is 18.2 Å². The van der Waals surface area contributed by atoms with E-state index >= 15 is 0 Å². The lowest BCUT2D eigenvalue weighted by Crippen LogP contribution is -2.12. The summed E-state index contributed by atoms with van der Waals surface area (Å²) >= 11 is 0. The van der Waals surface area contributed by atoms with Crippen LogP contribution in [0.1, 0.15) is 18.1 Å². The number of aryl methyl sites for hydroxylation is 1. The predicted molar refractivity (Wildman–Crippen MR) is 58.2 cm³/mol. The fourth-order valence-corrected chi connectivity index (χ4v) is 1.48. The van der Waals surface area contributed by atoms with Crippen LogP contribution in [0.4, 0.5) is 0 Å². The molecule has 0 fully saturated rings. The SMILES string of the molecule is COc1ccc(C)cc1C[C@H](C)C(=O)O. The maximum absolute atomic E-state index is 10.7. The van der Waals surface area contributed by atoms with Gasteiger partial charge < -0.3 is 9.84 Å². The Morgan fingerprint density at radius 1 is 1.53 bits per heavy atom. The van der Waals surface area contributed by atoms with E-state index in [1.165, 1.54) is 0 Å². The molecular formula is C12H16O3. The van der Waals surface area contributed by atoms with Gasteiger partial charge in [0.25, 0.3) is 0 Å². The molecular weight excluding hydrogens is 192 g/mol. The van der Waals surface area contributed by atoms with Gasteiger partial charge in [0.15, 0.2) is 0 Å². The molecule has 3 nitrogen and oxygen atoms in total. The third kappa shape index (κ3) is 2.98. The Bertz CT molecular complexity index is 358. The van der Waals surface area contributed by atoms with Gasteiger partial charge in [-0.1, -0.05) is 24.6 Å². The number of rotatable bonds is 4. The molecule has 0 radical (unpaired) electrons. The van der Waals surface area contributed by atoms with Crippen LogP contribution < -0.4 is 4.74 Å². The first-order chi connectivity index (χ1) is 7.04. The summed E-state index contributed by atoms with van der Waals surface area (Å²) in [5, 5.41) is 8.84. The second-order valence-corrected chi connectivity index (χ2v) is 3.76. The molecule has 0 aliphatic heterocycles. The zero-order valence-electron chi connectivity index (χ0n) is 9.28. The molecule has 1 aromatic carbocycles. The van der Waals surface area contributed by atoms with Crippen molar-refractivity contribution < 1.29 is 14.6 Å². The monoisotopic (exact) mass is 208 g/mol. The van der Waals surface area contributed by atoms with Crippen LogP contribution in [-0.2, 0) is 11.2 Å². The fraction of sp³-hybridized carbons (Fsp3) is 0.417. The van der Waals surface area contributed by atoms with Gasteiger partial charge >= 0.3 is 5.97 Å². The van der Waals surface area contributed by atoms with Gasteiger partial charge in [0.2, 0.25) is 0 Å². The van der Waals surface area contributed by atoms with Crippen molar-refractivity contribution in [1.82, 2.24) is 0 Å². The van der Waals surface area contributed by atoms with Gasteiger partial charge in [-0.15, -0.1) is 0 Å². The Morgan fingerprint density at radius 3 is 2.73 bits per heavy atom. The van der Waals surface area contributed by atoms with Crippen molar-refractivity contribution >= 4 is 5.97 Å². The van der Waals surface area contributed by atoms with E-state index in [4.69, 9.17) is 9.84 Å². The number of aliphatic carboxylic acids is 1. The lowest BCUT2D eigenvalue weighted by atomic mass is 9.99. The van der Waals surface area contributed by atoms with Crippen molar-refractivity contribution in [2.45, 2.75) is 20.3 Å². The molecule has 0 amide bonds. The number of ether oxygens (including phenoxy) is 1. The molecule has 0 aliphatic rings. The van der Waals surface area contributed by atoms with E-state index in [1.54, 1.807) is 14.0 Å². The number of carboxylic acid groups (broad SMARTS) is 1. The highest BCUT2D eigenvalue weighted by Crippen LogP contribution is 2.22. The van der Waals surface area contributed by atoms with Crippen LogP contribution in [0.5, 0.6) is 5.75 Å². The summed E-state index contributed by atoms with van der Waals surface area (Å²) in [7, 11) is 1.60. The number of hydrogen-bond acceptors (Lipinski definition) is 2. The van der Waals surface area contributed by atoms with Gasteiger partial charge in [-0.25, -0.2) is 0 Å². The first-order valence-corrected chi connectivity index (χ1v) is 4.91. The largest absolute Gasteiger partial charge is 0.496 e. The van der Waals surface area contributed by atoms with E-state index in [0.717, 1.165) is 16.9 Å². The molecule has 82 valence electrons. The summed E-state index contributed by atoms with van der Waals surface area (Å²) in [6, 6.07) is 5.80. The van der Waals surface area contributed by atoms with Crippen molar-refractivity contribution in [1.29, 1.82) is 0 Å². The molecule has 1 rings (SSSR count). The van der Waals surface area contributed by atoms with E-state index in [1.807, 2.05) is 25.1 Å². The third-order valence-electron chi connectivity index (χ3n) is 2.38. The fourth-order valence-electron chi connectivity index (χ4n) is 1.48. The van der Waals surface area contributed by atoms with Crippen molar-refractivity contribution in [2.24, 2.45) is 5.92 Å². The minimum Gasteiger partial charge on any atom is -0.496 e. The molecule has 3 heteroatoms. The average molecular weight is 208 g/mol. The van der Waals surface area contributed by atoms with Crippen LogP contribution in [0, 0.1) is 12.8 Å². The van der Waals surface area contributed by atoms with Crippen molar-refractivity contribution in [2.75, 3.05) is 7.11 Å². The smallest absolute Gasteiger partial charge is 0.306 e. The molecule has 1 N–H and O–H groups in total. The predicted octanol–water partition coefficient (Wildman–Crippen LogP) is 2.27. The molecule has 0 saturated carbocycles. The van der Waals surface area contributed by atoms with E-state index in [9.17, 15) is 4.79 Å². The molecule has 0 saturated heterocycles. The summed E-state index contributed by atoms with van der Waals surface area (Å²) in [4.78, 5) is 10.7.